The Labute approximate surface area is 218 Å². The molecule has 8 nitrogen and oxygen atoms in total. The van der Waals surface area contributed by atoms with Gasteiger partial charge in [0.05, 0.1) is 23.9 Å². The van der Waals surface area contributed by atoms with E-state index in [0.29, 0.717) is 41.1 Å². The number of imidazole rings is 1. The van der Waals surface area contributed by atoms with E-state index < -0.39 is 20.3 Å². The molecule has 2 aromatic heterocycles. The van der Waals surface area contributed by atoms with E-state index >= 15 is 0 Å². The molecule has 0 bridgehead atoms. The zero-order valence-electron chi connectivity index (χ0n) is 19.9. The molecule has 5 rings (SSSR count). The van der Waals surface area contributed by atoms with Crippen molar-refractivity contribution in [1.82, 2.24) is 14.5 Å². The lowest BCUT2D eigenvalue weighted by Crippen LogP contribution is -2.35. The van der Waals surface area contributed by atoms with Crippen LogP contribution in [0.2, 0.25) is 30.7 Å². The van der Waals surface area contributed by atoms with Gasteiger partial charge >= 0.3 is 6.01 Å². The number of pyridine rings is 1. The maximum absolute atomic E-state index is 10.1. The summed E-state index contributed by atoms with van der Waals surface area (Å²) < 4.78 is 26.6. The van der Waals surface area contributed by atoms with E-state index in [-0.39, 0.29) is 25.5 Å². The van der Waals surface area contributed by atoms with Crippen molar-refractivity contribution in [2.45, 2.75) is 56.8 Å². The Hall–Kier alpha value is -1.53. The second-order valence-electron chi connectivity index (χ2n) is 10.2. The molecule has 4 atom stereocenters. The summed E-state index contributed by atoms with van der Waals surface area (Å²) in [4.78, 5) is 9.56. The standard InChI is InChI=1S/C24H29BrClN3O5Si/c1-35(2,3)9-8-31-13-29-23-17(10-16(26)20(28-23)14-4-6-15(25)7-5-14)27-24(29)34-19-12-33-21-18(30)11-32-22(19)21/h4-7,10,18-19,21-22,30H,8-9,11-13H2,1-3H3/t18-,19?,21-,22-/m1/s1. The summed E-state index contributed by atoms with van der Waals surface area (Å²) in [5, 5.41) is 10.6. The zero-order chi connectivity index (χ0) is 24.7. The van der Waals surface area contributed by atoms with Crippen LogP contribution in [0.3, 0.4) is 0 Å². The molecule has 2 fully saturated rings. The fourth-order valence-electron chi connectivity index (χ4n) is 4.24. The quantitative estimate of drug-likeness (QED) is 0.303. The molecule has 0 radical (unpaired) electrons. The van der Waals surface area contributed by atoms with Gasteiger partial charge in [-0.3, -0.25) is 4.57 Å². The van der Waals surface area contributed by atoms with Crippen LogP contribution in [-0.2, 0) is 20.9 Å². The van der Waals surface area contributed by atoms with E-state index in [1.54, 1.807) is 6.07 Å². The number of aromatic nitrogens is 3. The van der Waals surface area contributed by atoms with Crippen LogP contribution in [0.4, 0.5) is 0 Å². The van der Waals surface area contributed by atoms with Gasteiger partial charge in [-0.05, 0) is 24.2 Å². The average molecular weight is 583 g/mol. The number of aliphatic hydroxyl groups is 1. The molecule has 11 heteroatoms. The fourth-order valence-corrected chi connectivity index (χ4v) is 5.51. The summed E-state index contributed by atoms with van der Waals surface area (Å²) in [5.41, 5.74) is 2.80. The minimum atomic E-state index is -1.24. The average Bonchev–Trinajstić information content (AvgIpc) is 3.46. The predicted octanol–water partition coefficient (Wildman–Crippen LogP) is 4.73. The normalized spacial score (nSPS) is 24.3. The van der Waals surface area contributed by atoms with E-state index in [9.17, 15) is 5.11 Å². The van der Waals surface area contributed by atoms with Crippen molar-refractivity contribution in [3.05, 3.63) is 39.8 Å². The molecule has 3 aromatic rings. The maximum atomic E-state index is 10.1. The van der Waals surface area contributed by atoms with E-state index in [1.807, 2.05) is 28.8 Å². The van der Waals surface area contributed by atoms with Crippen molar-refractivity contribution >= 4 is 46.8 Å². The van der Waals surface area contributed by atoms with Crippen LogP contribution in [0.1, 0.15) is 0 Å². The molecule has 1 aromatic carbocycles. The lowest BCUT2D eigenvalue weighted by Gasteiger charge is -2.19. The van der Waals surface area contributed by atoms with Crippen LogP contribution >= 0.6 is 27.5 Å². The van der Waals surface area contributed by atoms with E-state index in [2.05, 4.69) is 40.6 Å². The van der Waals surface area contributed by atoms with Gasteiger partial charge in [-0.2, -0.15) is 4.98 Å². The number of hydrogen-bond acceptors (Lipinski definition) is 7. The number of aliphatic hydroxyl groups excluding tert-OH is 1. The Morgan fingerprint density at radius 3 is 2.63 bits per heavy atom. The summed E-state index contributed by atoms with van der Waals surface area (Å²) in [5.74, 6) is 0. The van der Waals surface area contributed by atoms with Gasteiger partial charge in [-0.1, -0.05) is 59.3 Å². The lowest BCUT2D eigenvalue weighted by molar-refractivity contribution is 0.00336. The first kappa shape index (κ1) is 25.1. The minimum Gasteiger partial charge on any atom is -0.456 e. The van der Waals surface area contributed by atoms with Crippen LogP contribution in [0.5, 0.6) is 6.01 Å². The van der Waals surface area contributed by atoms with Crippen molar-refractivity contribution in [3.8, 4) is 17.3 Å². The summed E-state index contributed by atoms with van der Waals surface area (Å²) in [7, 11) is -1.24. The Kier molecular flexibility index (Phi) is 7.24. The Bertz CT molecular complexity index is 1200. The molecule has 35 heavy (non-hydrogen) atoms. The SMILES string of the molecule is C[Si](C)(C)CCOCn1c(OC2CO[C@@H]3[C@H](O)CO[C@H]23)nc2cc(Cl)c(-c3ccc(Br)cc3)nc21. The van der Waals surface area contributed by atoms with E-state index in [0.717, 1.165) is 16.1 Å². The minimum absolute atomic E-state index is 0.235. The predicted molar refractivity (Wildman–Crippen MR) is 140 cm³/mol. The monoisotopic (exact) mass is 581 g/mol. The lowest BCUT2D eigenvalue weighted by atomic mass is 10.1. The summed E-state index contributed by atoms with van der Waals surface area (Å²) in [6.45, 7) is 8.39. The molecule has 188 valence electrons. The van der Waals surface area contributed by atoms with Gasteiger partial charge in [0.25, 0.3) is 0 Å². The summed E-state index contributed by atoms with van der Waals surface area (Å²) >= 11 is 10.1. The van der Waals surface area contributed by atoms with Gasteiger partial charge in [0.1, 0.15) is 30.6 Å². The second-order valence-corrected chi connectivity index (χ2v) is 17.1. The van der Waals surface area contributed by atoms with Crippen LogP contribution in [0, 0.1) is 0 Å². The summed E-state index contributed by atoms with van der Waals surface area (Å²) in [6.07, 6.45) is -1.77. The Balaban J connectivity index is 1.47. The Morgan fingerprint density at radius 2 is 1.89 bits per heavy atom. The first-order valence-corrected chi connectivity index (χ1v) is 16.6. The van der Waals surface area contributed by atoms with Crippen molar-refractivity contribution in [1.29, 1.82) is 0 Å². The smallest absolute Gasteiger partial charge is 0.301 e. The highest BCUT2D eigenvalue weighted by atomic mass is 79.9. The number of ether oxygens (including phenoxy) is 4. The van der Waals surface area contributed by atoms with Crippen molar-refractivity contribution < 1.29 is 24.1 Å². The largest absolute Gasteiger partial charge is 0.456 e. The van der Waals surface area contributed by atoms with Crippen LogP contribution in [0.25, 0.3) is 22.4 Å². The van der Waals surface area contributed by atoms with Crippen molar-refractivity contribution in [2.75, 3.05) is 19.8 Å². The first-order valence-electron chi connectivity index (χ1n) is 11.7. The third-order valence-electron chi connectivity index (χ3n) is 6.21. The van der Waals surface area contributed by atoms with Crippen molar-refractivity contribution in [2.24, 2.45) is 0 Å². The summed E-state index contributed by atoms with van der Waals surface area (Å²) in [6, 6.07) is 11.0. The maximum Gasteiger partial charge on any atom is 0.301 e. The topological polar surface area (TPSA) is 87.9 Å². The molecule has 1 unspecified atom stereocenters. The van der Waals surface area contributed by atoms with Crippen LogP contribution in [-0.4, -0.2) is 72.0 Å². The van der Waals surface area contributed by atoms with E-state index in [1.165, 1.54) is 0 Å². The highest BCUT2D eigenvalue weighted by Gasteiger charge is 2.48. The number of rotatable bonds is 8. The van der Waals surface area contributed by atoms with Gasteiger partial charge in [0, 0.05) is 24.7 Å². The molecule has 2 aliphatic rings. The highest BCUT2D eigenvalue weighted by molar-refractivity contribution is 9.10. The van der Waals surface area contributed by atoms with Crippen LogP contribution in [0.15, 0.2) is 34.8 Å². The molecule has 2 saturated heterocycles. The van der Waals surface area contributed by atoms with Gasteiger partial charge in [0.15, 0.2) is 11.8 Å². The van der Waals surface area contributed by atoms with Gasteiger partial charge < -0.3 is 24.1 Å². The van der Waals surface area contributed by atoms with Crippen molar-refractivity contribution in [3.63, 3.8) is 0 Å². The van der Waals surface area contributed by atoms with Gasteiger partial charge in [-0.25, -0.2) is 4.98 Å². The zero-order valence-corrected chi connectivity index (χ0v) is 23.3. The molecule has 1 N–H and O–H groups in total. The molecule has 0 saturated carbocycles. The molecule has 2 aliphatic heterocycles. The van der Waals surface area contributed by atoms with Gasteiger partial charge in [-0.15, -0.1) is 0 Å². The third-order valence-corrected chi connectivity index (χ3v) is 8.73. The number of fused-ring (bicyclic) bond motifs is 2. The third kappa shape index (κ3) is 5.43. The second kappa shape index (κ2) is 10.1. The Morgan fingerprint density at radius 1 is 1.14 bits per heavy atom. The number of halogens is 2. The molecule has 0 spiro atoms. The number of nitrogens with zero attached hydrogens (tertiary/aromatic N) is 3. The molecule has 0 amide bonds. The first-order chi connectivity index (χ1) is 16.7. The molecule has 0 aliphatic carbocycles. The number of hydrogen-bond donors (Lipinski definition) is 1. The fraction of sp³-hybridized carbons (Fsp3) is 0.500. The number of benzene rings is 1. The van der Waals surface area contributed by atoms with Crippen LogP contribution < -0.4 is 4.74 Å². The molecular weight excluding hydrogens is 554 g/mol. The van der Waals surface area contributed by atoms with E-state index in [4.69, 9.17) is 35.5 Å². The highest BCUT2D eigenvalue weighted by Crippen LogP contribution is 2.34. The van der Waals surface area contributed by atoms with Gasteiger partial charge in [0.2, 0.25) is 0 Å². The molecular formula is C24H29BrClN3O5Si. The molecule has 4 heterocycles.